The number of aliphatic hydroxyl groups is 1. The summed E-state index contributed by atoms with van der Waals surface area (Å²) in [5.74, 6) is 0.376. The maximum atomic E-state index is 9.53. The van der Waals surface area contributed by atoms with E-state index in [2.05, 4.69) is 62.1 Å². The summed E-state index contributed by atoms with van der Waals surface area (Å²) in [6, 6.07) is 10.7. The normalized spacial score (nSPS) is 13.4. The molecule has 1 rings (SSSR count). The van der Waals surface area contributed by atoms with Gasteiger partial charge >= 0.3 is 159 Å². The number of aliphatic hydroxyl groups excluding tert-OH is 1. The number of hydrogen-bond acceptors (Lipinski definition) is 1. The van der Waals surface area contributed by atoms with E-state index in [4.69, 9.17) is 0 Å². The van der Waals surface area contributed by atoms with Crippen molar-refractivity contribution in [3.05, 3.63) is 46.9 Å². The standard InChI is InChI=1S/C23H40GeO/c1-4-7-17-24(18-8-5-2,19-9-6-3)20-15-23(16-21-25)22-13-11-10-12-14-22/h10-15,20,23,25H,4-9,16-19,21H2,1-3H3/b20-15-. The first kappa shape index (κ1) is 22.5. The van der Waals surface area contributed by atoms with Crippen LogP contribution < -0.4 is 0 Å². The van der Waals surface area contributed by atoms with Crippen molar-refractivity contribution in [1.82, 2.24) is 0 Å². The third-order valence-corrected chi connectivity index (χ3v) is 15.8. The molecule has 1 atom stereocenters. The average molecular weight is 405 g/mol. The van der Waals surface area contributed by atoms with E-state index in [9.17, 15) is 5.11 Å². The number of unbranched alkanes of at least 4 members (excludes halogenated alkanes) is 3. The molecule has 0 aliphatic carbocycles. The Kier molecular flexibility index (Phi) is 12.3. The SMILES string of the molecule is CCC[CH2][Ge](/[CH]=C\C(CCO)c1ccccc1)([CH2]CCC)[CH2]CCC. The zero-order valence-corrected chi connectivity index (χ0v) is 18.9. The topological polar surface area (TPSA) is 20.2 Å². The molecule has 1 aromatic carbocycles. The quantitative estimate of drug-likeness (QED) is 0.328. The van der Waals surface area contributed by atoms with Crippen molar-refractivity contribution < 1.29 is 5.11 Å². The van der Waals surface area contributed by atoms with Crippen LogP contribution in [0.2, 0.25) is 15.8 Å². The van der Waals surface area contributed by atoms with E-state index in [1.807, 2.05) is 0 Å². The molecule has 0 radical (unpaired) electrons. The van der Waals surface area contributed by atoms with Gasteiger partial charge in [-0.25, -0.2) is 0 Å². The van der Waals surface area contributed by atoms with Gasteiger partial charge in [0.25, 0.3) is 0 Å². The predicted molar refractivity (Wildman–Crippen MR) is 115 cm³/mol. The van der Waals surface area contributed by atoms with Gasteiger partial charge in [0.1, 0.15) is 0 Å². The molecule has 0 aliphatic rings. The van der Waals surface area contributed by atoms with Crippen molar-refractivity contribution in [3.8, 4) is 0 Å². The van der Waals surface area contributed by atoms with Crippen LogP contribution in [0.5, 0.6) is 0 Å². The fourth-order valence-electron chi connectivity index (χ4n) is 3.75. The zero-order chi connectivity index (χ0) is 18.4. The molecule has 0 bridgehead atoms. The van der Waals surface area contributed by atoms with E-state index in [0.717, 1.165) is 6.42 Å². The molecule has 25 heavy (non-hydrogen) atoms. The summed E-state index contributed by atoms with van der Waals surface area (Å²) < 4.78 is 0. The molecule has 142 valence electrons. The van der Waals surface area contributed by atoms with Crippen molar-refractivity contribution in [2.24, 2.45) is 0 Å². The Labute approximate surface area is 159 Å². The van der Waals surface area contributed by atoms with Gasteiger partial charge in [0, 0.05) is 0 Å². The number of allylic oxidation sites excluding steroid dienone is 1. The fourth-order valence-corrected chi connectivity index (χ4v) is 14.4. The van der Waals surface area contributed by atoms with Crippen LogP contribution in [0.15, 0.2) is 41.3 Å². The van der Waals surface area contributed by atoms with Gasteiger partial charge in [0.2, 0.25) is 0 Å². The van der Waals surface area contributed by atoms with E-state index < -0.39 is 13.3 Å². The Morgan fingerprint density at radius 3 is 1.84 bits per heavy atom. The second-order valence-electron chi connectivity index (χ2n) is 7.56. The molecule has 1 aromatic rings. The molecular weight excluding hydrogens is 365 g/mol. The van der Waals surface area contributed by atoms with Crippen LogP contribution in [-0.2, 0) is 0 Å². The van der Waals surface area contributed by atoms with Crippen molar-refractivity contribution >= 4 is 13.3 Å². The van der Waals surface area contributed by atoms with Gasteiger partial charge in [-0.1, -0.05) is 0 Å². The zero-order valence-electron chi connectivity index (χ0n) is 16.8. The van der Waals surface area contributed by atoms with Crippen LogP contribution in [-0.4, -0.2) is 25.0 Å². The number of rotatable bonds is 14. The van der Waals surface area contributed by atoms with Crippen LogP contribution in [0.25, 0.3) is 0 Å². The summed E-state index contributed by atoms with van der Waals surface area (Å²) in [7, 11) is 0. The van der Waals surface area contributed by atoms with E-state index in [1.54, 1.807) is 0 Å². The fraction of sp³-hybridized carbons (Fsp3) is 0.652. The molecule has 1 N–H and O–H groups in total. The Morgan fingerprint density at radius 2 is 1.40 bits per heavy atom. The molecule has 0 amide bonds. The van der Waals surface area contributed by atoms with Crippen LogP contribution in [0.3, 0.4) is 0 Å². The molecule has 0 aromatic heterocycles. The third-order valence-electron chi connectivity index (χ3n) is 5.43. The van der Waals surface area contributed by atoms with Crippen molar-refractivity contribution in [2.45, 2.75) is 87.4 Å². The van der Waals surface area contributed by atoms with E-state index in [0.29, 0.717) is 5.92 Å². The number of benzene rings is 1. The monoisotopic (exact) mass is 406 g/mol. The van der Waals surface area contributed by atoms with Gasteiger partial charge in [-0.15, -0.1) is 0 Å². The minimum atomic E-state index is -1.94. The molecule has 0 saturated carbocycles. The molecule has 0 saturated heterocycles. The predicted octanol–water partition coefficient (Wildman–Crippen LogP) is 7.10. The van der Waals surface area contributed by atoms with E-state index in [1.165, 1.54) is 59.8 Å². The average Bonchev–Trinajstić information content (AvgIpc) is 2.66. The summed E-state index contributed by atoms with van der Waals surface area (Å²) in [6.07, 6.45) is 11.5. The first-order valence-electron chi connectivity index (χ1n) is 10.6. The van der Waals surface area contributed by atoms with Crippen molar-refractivity contribution in [3.63, 3.8) is 0 Å². The van der Waals surface area contributed by atoms with Crippen LogP contribution in [0.1, 0.15) is 77.2 Å². The summed E-state index contributed by atoms with van der Waals surface area (Å²) in [5, 5.41) is 14.0. The van der Waals surface area contributed by atoms with Gasteiger partial charge in [0.15, 0.2) is 0 Å². The molecular formula is C23H40GeO. The summed E-state index contributed by atoms with van der Waals surface area (Å²) >= 11 is -1.94. The molecule has 0 spiro atoms. The Morgan fingerprint density at radius 1 is 0.880 bits per heavy atom. The molecule has 0 heterocycles. The first-order chi connectivity index (χ1) is 12.2. The Bertz CT molecular complexity index is 433. The van der Waals surface area contributed by atoms with Crippen LogP contribution >= 0.6 is 0 Å². The Balaban J connectivity index is 3.01. The second kappa shape index (κ2) is 13.6. The maximum absolute atomic E-state index is 9.53. The summed E-state index contributed by atoms with van der Waals surface area (Å²) in [6.45, 7) is 7.25. The van der Waals surface area contributed by atoms with Gasteiger partial charge in [-0.2, -0.15) is 0 Å². The van der Waals surface area contributed by atoms with Crippen molar-refractivity contribution in [1.29, 1.82) is 0 Å². The van der Waals surface area contributed by atoms with Crippen molar-refractivity contribution in [2.75, 3.05) is 6.61 Å². The summed E-state index contributed by atoms with van der Waals surface area (Å²) in [4.78, 5) is 2.73. The molecule has 1 unspecified atom stereocenters. The van der Waals surface area contributed by atoms with Crippen LogP contribution in [0, 0.1) is 0 Å². The van der Waals surface area contributed by atoms with Gasteiger partial charge in [0.05, 0.1) is 0 Å². The van der Waals surface area contributed by atoms with Gasteiger partial charge in [-0.05, 0) is 0 Å². The third kappa shape index (κ3) is 8.59. The first-order valence-corrected chi connectivity index (χ1v) is 16.2. The van der Waals surface area contributed by atoms with Gasteiger partial charge in [-0.3, -0.25) is 0 Å². The molecule has 1 nitrogen and oxygen atoms in total. The molecule has 0 aliphatic heterocycles. The second-order valence-corrected chi connectivity index (χ2v) is 17.1. The Hall–Kier alpha value is -0.537. The van der Waals surface area contributed by atoms with Crippen LogP contribution in [0.4, 0.5) is 0 Å². The minimum absolute atomic E-state index is 0.267. The number of hydrogen-bond donors (Lipinski definition) is 1. The molecule has 0 fully saturated rings. The van der Waals surface area contributed by atoms with Gasteiger partial charge < -0.3 is 0 Å². The van der Waals surface area contributed by atoms with E-state index >= 15 is 0 Å². The summed E-state index contributed by atoms with van der Waals surface area (Å²) in [5.41, 5.74) is 1.35. The molecule has 2 heteroatoms. The van der Waals surface area contributed by atoms with E-state index in [-0.39, 0.29) is 6.61 Å².